The number of amides is 1. The number of imidazole rings is 1. The van der Waals surface area contributed by atoms with Gasteiger partial charge in [0.1, 0.15) is 0 Å². The van der Waals surface area contributed by atoms with Crippen LogP contribution in [0, 0.1) is 6.92 Å². The van der Waals surface area contributed by atoms with Crippen LogP contribution in [0.5, 0.6) is 0 Å². The van der Waals surface area contributed by atoms with Gasteiger partial charge in [0.2, 0.25) is 11.9 Å². The number of nitrogens with one attached hydrogen (secondary N) is 1. The van der Waals surface area contributed by atoms with Gasteiger partial charge in [-0.1, -0.05) is 29.8 Å². The average Bonchev–Trinajstić information content (AvgIpc) is 3.01. The molecule has 1 amide bonds. The number of anilines is 1. The van der Waals surface area contributed by atoms with Gasteiger partial charge in [-0.15, -0.1) is 0 Å². The molecule has 1 aliphatic heterocycles. The molecule has 3 rings (SSSR count). The molecule has 2 heterocycles. The van der Waals surface area contributed by atoms with Crippen molar-refractivity contribution < 1.29 is 4.79 Å². The molecule has 2 aromatic rings. The highest BCUT2D eigenvalue weighted by Crippen LogP contribution is 2.12. The molecule has 1 aliphatic rings. The van der Waals surface area contributed by atoms with Gasteiger partial charge in [0.25, 0.3) is 0 Å². The second kappa shape index (κ2) is 7.49. The van der Waals surface area contributed by atoms with Crippen molar-refractivity contribution in [3.05, 3.63) is 47.8 Å². The normalized spacial score (nSPS) is 15.5. The molecular formula is C18H25N5O. The van der Waals surface area contributed by atoms with Crippen LogP contribution in [0.1, 0.15) is 11.1 Å². The molecule has 0 saturated carbocycles. The lowest BCUT2D eigenvalue weighted by atomic mass is 10.1. The Kier molecular flexibility index (Phi) is 5.15. The van der Waals surface area contributed by atoms with Gasteiger partial charge in [-0.25, -0.2) is 4.98 Å². The van der Waals surface area contributed by atoms with Gasteiger partial charge in [-0.05, 0) is 12.5 Å². The predicted octanol–water partition coefficient (Wildman–Crippen LogP) is 1.17. The number of aryl methyl sites for hydroxylation is 2. The molecule has 6 nitrogen and oxygen atoms in total. The minimum Gasteiger partial charge on any atom is -0.351 e. The van der Waals surface area contributed by atoms with Crippen LogP contribution < -0.4 is 10.2 Å². The molecule has 1 saturated heterocycles. The Bertz CT molecular complexity index is 671. The summed E-state index contributed by atoms with van der Waals surface area (Å²) in [5, 5.41) is 3.00. The molecular weight excluding hydrogens is 302 g/mol. The van der Waals surface area contributed by atoms with E-state index in [1.165, 1.54) is 5.56 Å². The van der Waals surface area contributed by atoms with Crippen molar-refractivity contribution >= 4 is 11.9 Å². The monoisotopic (exact) mass is 327 g/mol. The van der Waals surface area contributed by atoms with Crippen molar-refractivity contribution in [1.82, 2.24) is 19.8 Å². The summed E-state index contributed by atoms with van der Waals surface area (Å²) in [5.41, 5.74) is 2.37. The van der Waals surface area contributed by atoms with Gasteiger partial charge in [0.05, 0.1) is 6.54 Å². The van der Waals surface area contributed by atoms with E-state index < -0.39 is 0 Å². The van der Waals surface area contributed by atoms with E-state index in [0.717, 1.165) is 37.7 Å². The SMILES string of the molecule is Cc1ccc(CNC(=O)CN2CCN(c3nccn3C)CC2)cc1. The molecule has 0 bridgehead atoms. The van der Waals surface area contributed by atoms with Crippen molar-refractivity contribution in [3.63, 3.8) is 0 Å². The average molecular weight is 327 g/mol. The molecule has 0 atom stereocenters. The first kappa shape index (κ1) is 16.5. The van der Waals surface area contributed by atoms with Gasteiger partial charge >= 0.3 is 0 Å². The summed E-state index contributed by atoms with van der Waals surface area (Å²) in [6.07, 6.45) is 3.78. The van der Waals surface area contributed by atoms with Crippen molar-refractivity contribution in [2.45, 2.75) is 13.5 Å². The first-order valence-electron chi connectivity index (χ1n) is 8.39. The summed E-state index contributed by atoms with van der Waals surface area (Å²) in [7, 11) is 2.01. The Morgan fingerprint density at radius 1 is 1.17 bits per heavy atom. The zero-order chi connectivity index (χ0) is 16.9. The molecule has 0 spiro atoms. The number of aromatic nitrogens is 2. The van der Waals surface area contributed by atoms with E-state index in [9.17, 15) is 4.79 Å². The molecule has 1 aromatic heterocycles. The lowest BCUT2D eigenvalue weighted by Crippen LogP contribution is -2.50. The van der Waals surface area contributed by atoms with Crippen LogP contribution in [0.3, 0.4) is 0 Å². The van der Waals surface area contributed by atoms with Crippen LogP contribution in [0.15, 0.2) is 36.7 Å². The highest BCUT2D eigenvalue weighted by atomic mass is 16.2. The summed E-state index contributed by atoms with van der Waals surface area (Å²) in [6, 6.07) is 8.25. The van der Waals surface area contributed by atoms with Gasteiger partial charge in [0.15, 0.2) is 0 Å². The van der Waals surface area contributed by atoms with Gasteiger partial charge in [0, 0.05) is 52.2 Å². The zero-order valence-corrected chi connectivity index (χ0v) is 14.4. The lowest BCUT2D eigenvalue weighted by molar-refractivity contribution is -0.122. The Morgan fingerprint density at radius 2 is 1.88 bits per heavy atom. The fourth-order valence-electron chi connectivity index (χ4n) is 2.93. The first-order valence-corrected chi connectivity index (χ1v) is 8.39. The van der Waals surface area contributed by atoms with Crippen LogP contribution >= 0.6 is 0 Å². The predicted molar refractivity (Wildman–Crippen MR) is 94.9 cm³/mol. The lowest BCUT2D eigenvalue weighted by Gasteiger charge is -2.34. The third-order valence-electron chi connectivity index (χ3n) is 4.43. The summed E-state index contributed by atoms with van der Waals surface area (Å²) in [6.45, 7) is 6.67. The number of piperazine rings is 1. The second-order valence-electron chi connectivity index (χ2n) is 6.36. The van der Waals surface area contributed by atoms with E-state index >= 15 is 0 Å². The van der Waals surface area contributed by atoms with Crippen molar-refractivity contribution in [2.75, 3.05) is 37.6 Å². The van der Waals surface area contributed by atoms with Crippen LogP contribution in [-0.2, 0) is 18.4 Å². The molecule has 0 aliphatic carbocycles. The van der Waals surface area contributed by atoms with E-state index in [-0.39, 0.29) is 5.91 Å². The van der Waals surface area contributed by atoms with Crippen LogP contribution in [0.25, 0.3) is 0 Å². The number of benzene rings is 1. The summed E-state index contributed by atoms with van der Waals surface area (Å²) >= 11 is 0. The number of carbonyl (C=O) groups is 1. The smallest absolute Gasteiger partial charge is 0.234 e. The van der Waals surface area contributed by atoms with E-state index in [4.69, 9.17) is 0 Å². The van der Waals surface area contributed by atoms with Gasteiger partial charge in [-0.2, -0.15) is 0 Å². The van der Waals surface area contributed by atoms with E-state index in [2.05, 4.69) is 51.3 Å². The molecule has 0 unspecified atom stereocenters. The summed E-state index contributed by atoms with van der Waals surface area (Å²) in [4.78, 5) is 21.0. The topological polar surface area (TPSA) is 53.4 Å². The summed E-state index contributed by atoms with van der Waals surface area (Å²) < 4.78 is 2.03. The number of hydrogen-bond donors (Lipinski definition) is 1. The maximum atomic E-state index is 12.1. The molecule has 0 radical (unpaired) electrons. The molecule has 1 fully saturated rings. The van der Waals surface area contributed by atoms with Crippen LogP contribution in [-0.4, -0.2) is 53.1 Å². The second-order valence-corrected chi connectivity index (χ2v) is 6.36. The van der Waals surface area contributed by atoms with Crippen molar-refractivity contribution in [3.8, 4) is 0 Å². The Morgan fingerprint density at radius 3 is 2.50 bits per heavy atom. The molecule has 128 valence electrons. The molecule has 6 heteroatoms. The maximum Gasteiger partial charge on any atom is 0.234 e. The fraction of sp³-hybridized carbons (Fsp3) is 0.444. The Balaban J connectivity index is 1.41. The first-order chi connectivity index (χ1) is 11.6. The molecule has 1 aromatic carbocycles. The van der Waals surface area contributed by atoms with E-state index in [0.29, 0.717) is 13.1 Å². The van der Waals surface area contributed by atoms with Gasteiger partial charge < -0.3 is 14.8 Å². The highest BCUT2D eigenvalue weighted by molar-refractivity contribution is 5.78. The number of hydrogen-bond acceptors (Lipinski definition) is 4. The van der Waals surface area contributed by atoms with E-state index in [1.54, 1.807) is 0 Å². The third-order valence-corrected chi connectivity index (χ3v) is 4.43. The Hall–Kier alpha value is -2.34. The van der Waals surface area contributed by atoms with Gasteiger partial charge in [-0.3, -0.25) is 9.69 Å². The minimum atomic E-state index is 0.0843. The third kappa shape index (κ3) is 4.14. The fourth-order valence-corrected chi connectivity index (χ4v) is 2.93. The van der Waals surface area contributed by atoms with Crippen molar-refractivity contribution in [2.24, 2.45) is 7.05 Å². The van der Waals surface area contributed by atoms with E-state index in [1.807, 2.05) is 24.0 Å². The minimum absolute atomic E-state index is 0.0843. The number of rotatable bonds is 5. The molecule has 24 heavy (non-hydrogen) atoms. The number of nitrogens with zero attached hydrogens (tertiary/aromatic N) is 4. The zero-order valence-electron chi connectivity index (χ0n) is 14.4. The molecule has 1 N–H and O–H groups in total. The standard InChI is InChI=1S/C18H25N5O/c1-15-3-5-16(6-4-15)13-20-17(24)14-22-9-11-23(12-10-22)18-19-7-8-21(18)2/h3-8H,9-14H2,1-2H3,(H,20,24). The van der Waals surface area contributed by atoms with Crippen molar-refractivity contribution in [1.29, 1.82) is 0 Å². The van der Waals surface area contributed by atoms with Crippen LogP contribution in [0.2, 0.25) is 0 Å². The van der Waals surface area contributed by atoms with Crippen LogP contribution in [0.4, 0.5) is 5.95 Å². The summed E-state index contributed by atoms with van der Waals surface area (Å²) in [5.74, 6) is 1.08. The quantitative estimate of drug-likeness (QED) is 0.896. The highest BCUT2D eigenvalue weighted by Gasteiger charge is 2.20. The Labute approximate surface area is 143 Å². The number of carbonyl (C=O) groups excluding carboxylic acids is 1. The largest absolute Gasteiger partial charge is 0.351 e. The maximum absolute atomic E-state index is 12.1.